The molecular formula is C16H17N3O3S. The van der Waals surface area contributed by atoms with Crippen molar-refractivity contribution in [3.63, 3.8) is 0 Å². The van der Waals surface area contributed by atoms with Gasteiger partial charge in [0.05, 0.1) is 11.4 Å². The van der Waals surface area contributed by atoms with E-state index in [0.29, 0.717) is 17.6 Å². The summed E-state index contributed by atoms with van der Waals surface area (Å²) >= 11 is 0. The highest BCUT2D eigenvalue weighted by molar-refractivity contribution is 7.83. The molecule has 7 heteroatoms. The van der Waals surface area contributed by atoms with E-state index in [0.717, 1.165) is 22.6 Å². The summed E-state index contributed by atoms with van der Waals surface area (Å²) in [5.74, 6) is 2.53. The van der Waals surface area contributed by atoms with Gasteiger partial charge in [0.2, 0.25) is 5.89 Å². The Morgan fingerprint density at radius 2 is 1.87 bits per heavy atom. The van der Waals surface area contributed by atoms with Gasteiger partial charge >= 0.3 is 0 Å². The molecule has 3 aromatic rings. The first-order valence-electron chi connectivity index (χ1n) is 7.19. The maximum Gasteiger partial charge on any atom is 0.258 e. The van der Waals surface area contributed by atoms with Crippen LogP contribution in [0.1, 0.15) is 28.7 Å². The zero-order valence-electron chi connectivity index (χ0n) is 13.2. The number of hydrogen-bond donors (Lipinski definition) is 0. The Bertz CT molecular complexity index is 834. The first-order chi connectivity index (χ1) is 11.0. The second-order valence-electron chi connectivity index (χ2n) is 5.31. The van der Waals surface area contributed by atoms with Gasteiger partial charge in [-0.2, -0.15) is 4.98 Å². The van der Waals surface area contributed by atoms with Crippen molar-refractivity contribution in [3.05, 3.63) is 53.0 Å². The first kappa shape index (κ1) is 15.6. The summed E-state index contributed by atoms with van der Waals surface area (Å²) in [5, 5.41) is 3.91. The number of hydrogen-bond acceptors (Lipinski definition) is 6. The molecule has 0 spiro atoms. The van der Waals surface area contributed by atoms with Gasteiger partial charge in [0, 0.05) is 16.4 Å². The lowest BCUT2D eigenvalue weighted by atomic mass is 10.1. The Morgan fingerprint density at radius 3 is 2.57 bits per heavy atom. The highest BCUT2D eigenvalue weighted by Gasteiger charge is 2.15. The summed E-state index contributed by atoms with van der Waals surface area (Å²) in [7, 11) is -1.21. The van der Waals surface area contributed by atoms with E-state index in [-0.39, 0.29) is 11.5 Å². The lowest BCUT2D eigenvalue weighted by Gasteiger charge is -1.98. The van der Waals surface area contributed by atoms with E-state index >= 15 is 0 Å². The van der Waals surface area contributed by atoms with Gasteiger partial charge in [-0.15, -0.1) is 0 Å². The molecule has 0 aliphatic rings. The van der Waals surface area contributed by atoms with Gasteiger partial charge < -0.3 is 8.94 Å². The normalized spacial score (nSPS) is 12.5. The standard InChI is InChI=1S/C16H17N3O3S/c1-10-6-4-5-7-13(10)16-18-14(19-22-16)8-23(20)9-15-17-11(2)12(3)21-15/h4-7H,8-9H2,1-3H3/t23-/m0/s1. The SMILES string of the molecule is Cc1ccccc1-c1nc(C[S@](=O)Cc2nc(C)c(C)o2)no1. The van der Waals surface area contributed by atoms with Gasteiger partial charge in [-0.3, -0.25) is 4.21 Å². The average molecular weight is 331 g/mol. The van der Waals surface area contributed by atoms with Crippen molar-refractivity contribution in [2.24, 2.45) is 0 Å². The molecule has 2 aromatic heterocycles. The predicted molar refractivity (Wildman–Crippen MR) is 86.0 cm³/mol. The lowest BCUT2D eigenvalue weighted by molar-refractivity contribution is 0.424. The summed E-state index contributed by atoms with van der Waals surface area (Å²) in [6, 6.07) is 7.76. The van der Waals surface area contributed by atoms with Crippen LogP contribution in [0.15, 0.2) is 33.2 Å². The van der Waals surface area contributed by atoms with Crippen LogP contribution in [0.2, 0.25) is 0 Å². The van der Waals surface area contributed by atoms with E-state index in [4.69, 9.17) is 8.94 Å². The minimum atomic E-state index is -1.21. The van der Waals surface area contributed by atoms with Crippen molar-refractivity contribution < 1.29 is 13.1 Å². The van der Waals surface area contributed by atoms with E-state index in [2.05, 4.69) is 15.1 Å². The monoisotopic (exact) mass is 331 g/mol. The lowest BCUT2D eigenvalue weighted by Crippen LogP contribution is -2.01. The summed E-state index contributed by atoms with van der Waals surface area (Å²) in [4.78, 5) is 8.56. The molecule has 0 saturated heterocycles. The predicted octanol–water partition coefficient (Wildman–Crippen LogP) is 3.10. The van der Waals surface area contributed by atoms with E-state index in [1.165, 1.54) is 0 Å². The molecule has 0 fully saturated rings. The third-order valence-electron chi connectivity index (χ3n) is 3.49. The molecule has 0 radical (unpaired) electrons. The molecule has 3 rings (SSSR count). The van der Waals surface area contributed by atoms with Crippen LogP contribution in [0.25, 0.3) is 11.5 Å². The average Bonchev–Trinajstić information content (AvgIpc) is 3.07. The number of benzene rings is 1. The van der Waals surface area contributed by atoms with Gasteiger partial charge in [-0.25, -0.2) is 4.98 Å². The molecule has 0 aliphatic carbocycles. The van der Waals surface area contributed by atoms with Gasteiger partial charge in [0.25, 0.3) is 5.89 Å². The molecule has 0 saturated carbocycles. The number of rotatable bonds is 5. The molecular weight excluding hydrogens is 314 g/mol. The van der Waals surface area contributed by atoms with Crippen LogP contribution in [-0.2, 0) is 22.3 Å². The van der Waals surface area contributed by atoms with Crippen LogP contribution in [0.3, 0.4) is 0 Å². The van der Waals surface area contributed by atoms with Crippen LogP contribution >= 0.6 is 0 Å². The van der Waals surface area contributed by atoms with Crippen LogP contribution in [0.4, 0.5) is 0 Å². The topological polar surface area (TPSA) is 82.0 Å². The van der Waals surface area contributed by atoms with Gasteiger partial charge in [-0.05, 0) is 32.4 Å². The second kappa shape index (κ2) is 6.45. The zero-order valence-corrected chi connectivity index (χ0v) is 14.0. The number of nitrogens with zero attached hydrogens (tertiary/aromatic N) is 3. The third-order valence-corrected chi connectivity index (χ3v) is 4.64. The molecule has 23 heavy (non-hydrogen) atoms. The van der Waals surface area contributed by atoms with E-state index < -0.39 is 10.8 Å². The summed E-state index contributed by atoms with van der Waals surface area (Å²) in [5.41, 5.74) is 2.75. The van der Waals surface area contributed by atoms with Crippen molar-refractivity contribution in [3.8, 4) is 11.5 Å². The minimum Gasteiger partial charge on any atom is -0.445 e. The summed E-state index contributed by atoms with van der Waals surface area (Å²) in [6.45, 7) is 5.67. The highest BCUT2D eigenvalue weighted by Crippen LogP contribution is 2.21. The Balaban J connectivity index is 1.69. The third kappa shape index (κ3) is 3.56. The summed E-state index contributed by atoms with van der Waals surface area (Å²) in [6.07, 6.45) is 0. The summed E-state index contributed by atoms with van der Waals surface area (Å²) < 4.78 is 22.9. The van der Waals surface area contributed by atoms with Gasteiger partial charge in [0.1, 0.15) is 11.5 Å². The van der Waals surface area contributed by atoms with Crippen LogP contribution < -0.4 is 0 Å². The maximum atomic E-state index is 12.2. The number of aryl methyl sites for hydroxylation is 3. The molecule has 0 N–H and O–H groups in total. The van der Waals surface area contributed by atoms with E-state index in [9.17, 15) is 4.21 Å². The van der Waals surface area contributed by atoms with Crippen molar-refractivity contribution in [2.75, 3.05) is 0 Å². The molecule has 0 unspecified atom stereocenters. The number of aromatic nitrogens is 3. The fraction of sp³-hybridized carbons (Fsp3) is 0.312. The maximum absolute atomic E-state index is 12.2. The molecule has 2 heterocycles. The minimum absolute atomic E-state index is 0.204. The van der Waals surface area contributed by atoms with Crippen LogP contribution in [-0.4, -0.2) is 19.3 Å². The fourth-order valence-corrected chi connectivity index (χ4v) is 3.07. The quantitative estimate of drug-likeness (QED) is 0.714. The highest BCUT2D eigenvalue weighted by atomic mass is 32.2. The zero-order chi connectivity index (χ0) is 16.4. The molecule has 0 amide bonds. The smallest absolute Gasteiger partial charge is 0.258 e. The Kier molecular flexibility index (Phi) is 4.38. The Morgan fingerprint density at radius 1 is 1.09 bits per heavy atom. The van der Waals surface area contributed by atoms with Gasteiger partial charge in [-0.1, -0.05) is 23.4 Å². The van der Waals surface area contributed by atoms with Gasteiger partial charge in [0.15, 0.2) is 5.82 Å². The molecule has 1 atom stereocenters. The second-order valence-corrected chi connectivity index (χ2v) is 6.77. The molecule has 6 nitrogen and oxygen atoms in total. The van der Waals surface area contributed by atoms with E-state index in [1.54, 1.807) is 0 Å². The molecule has 0 bridgehead atoms. The largest absolute Gasteiger partial charge is 0.445 e. The number of oxazole rings is 1. The van der Waals surface area contributed by atoms with Crippen molar-refractivity contribution in [1.29, 1.82) is 0 Å². The molecule has 1 aromatic carbocycles. The van der Waals surface area contributed by atoms with Crippen molar-refractivity contribution >= 4 is 10.8 Å². The Hall–Kier alpha value is -2.28. The molecule has 0 aliphatic heterocycles. The Labute approximate surface area is 136 Å². The van der Waals surface area contributed by atoms with Crippen molar-refractivity contribution in [1.82, 2.24) is 15.1 Å². The first-order valence-corrected chi connectivity index (χ1v) is 8.68. The van der Waals surface area contributed by atoms with E-state index in [1.807, 2.05) is 45.0 Å². The van der Waals surface area contributed by atoms with Crippen molar-refractivity contribution in [2.45, 2.75) is 32.3 Å². The van der Waals surface area contributed by atoms with Crippen LogP contribution in [0, 0.1) is 20.8 Å². The molecule has 120 valence electrons. The fourth-order valence-electron chi connectivity index (χ4n) is 2.17. The van der Waals surface area contributed by atoms with Crippen LogP contribution in [0.5, 0.6) is 0 Å².